The molecule has 1 aliphatic heterocycles. The molecule has 1 saturated heterocycles. The van der Waals surface area contributed by atoms with E-state index in [0.717, 1.165) is 37.5 Å². The number of carbonyl (C=O) groups is 1. The molecule has 1 aromatic rings. The van der Waals surface area contributed by atoms with Crippen molar-refractivity contribution in [1.29, 1.82) is 0 Å². The average Bonchev–Trinajstić information content (AvgIpc) is 2.98. The van der Waals surface area contributed by atoms with E-state index >= 15 is 0 Å². The van der Waals surface area contributed by atoms with Crippen LogP contribution in [0.2, 0.25) is 0 Å². The van der Waals surface area contributed by atoms with Crippen molar-refractivity contribution in [2.24, 2.45) is 5.92 Å². The highest BCUT2D eigenvalue weighted by Gasteiger charge is 2.18. The highest BCUT2D eigenvalue weighted by molar-refractivity contribution is 7.15. The number of piperidine rings is 1. The second kappa shape index (κ2) is 6.01. The third-order valence-electron chi connectivity index (χ3n) is 4.02. The zero-order valence-electron chi connectivity index (χ0n) is 11.2. The van der Waals surface area contributed by atoms with Gasteiger partial charge in [-0.3, -0.25) is 4.79 Å². The van der Waals surface area contributed by atoms with E-state index in [1.165, 1.54) is 29.8 Å². The number of fused-ring (bicyclic) bond motifs is 1. The van der Waals surface area contributed by atoms with Crippen molar-refractivity contribution in [3.05, 3.63) is 10.6 Å². The van der Waals surface area contributed by atoms with Gasteiger partial charge < -0.3 is 10.6 Å². The lowest BCUT2D eigenvalue weighted by molar-refractivity contribution is -0.116. The van der Waals surface area contributed by atoms with Gasteiger partial charge in [0, 0.05) is 11.3 Å². The van der Waals surface area contributed by atoms with Gasteiger partial charge in [-0.05, 0) is 57.5 Å². The number of carbonyl (C=O) groups excluding carboxylic acids is 1. The van der Waals surface area contributed by atoms with Gasteiger partial charge in [0.05, 0.1) is 5.69 Å². The van der Waals surface area contributed by atoms with E-state index < -0.39 is 0 Å². The van der Waals surface area contributed by atoms with Crippen LogP contribution in [-0.2, 0) is 17.6 Å². The number of amides is 1. The van der Waals surface area contributed by atoms with Gasteiger partial charge in [0.2, 0.25) is 5.91 Å². The fourth-order valence-corrected chi connectivity index (χ4v) is 4.00. The summed E-state index contributed by atoms with van der Waals surface area (Å²) >= 11 is 1.66. The van der Waals surface area contributed by atoms with Crippen molar-refractivity contribution in [2.75, 3.05) is 18.4 Å². The normalized spacial score (nSPS) is 22.2. The van der Waals surface area contributed by atoms with Crippen LogP contribution in [0.4, 0.5) is 5.13 Å². The fourth-order valence-electron chi connectivity index (χ4n) is 2.93. The van der Waals surface area contributed by atoms with Crippen LogP contribution in [0.15, 0.2) is 0 Å². The number of aromatic nitrogens is 1. The van der Waals surface area contributed by atoms with Crippen LogP contribution in [0.25, 0.3) is 0 Å². The monoisotopic (exact) mass is 279 g/mol. The summed E-state index contributed by atoms with van der Waals surface area (Å²) in [5.74, 6) is 0.791. The van der Waals surface area contributed by atoms with Crippen molar-refractivity contribution >= 4 is 22.4 Å². The summed E-state index contributed by atoms with van der Waals surface area (Å²) in [6.45, 7) is 2.20. The summed E-state index contributed by atoms with van der Waals surface area (Å²) in [6.07, 6.45) is 7.54. The number of hydrogen-bond acceptors (Lipinski definition) is 4. The standard InChI is InChI=1S/C14H21N3OS/c18-13(7-6-10-3-2-8-15-9-10)17-14-16-11-4-1-5-12(11)19-14/h10,15H,1-9H2,(H,16,17,18). The number of anilines is 1. The first kappa shape index (κ1) is 13.1. The van der Waals surface area contributed by atoms with E-state index in [2.05, 4.69) is 15.6 Å². The molecule has 1 aliphatic carbocycles. The van der Waals surface area contributed by atoms with E-state index in [9.17, 15) is 4.79 Å². The minimum atomic E-state index is 0.123. The van der Waals surface area contributed by atoms with Crippen LogP contribution < -0.4 is 10.6 Å². The lowest BCUT2D eigenvalue weighted by Gasteiger charge is -2.22. The van der Waals surface area contributed by atoms with Crippen LogP contribution in [-0.4, -0.2) is 24.0 Å². The zero-order valence-corrected chi connectivity index (χ0v) is 12.0. The average molecular weight is 279 g/mol. The Bertz CT molecular complexity index is 430. The number of aryl methyl sites for hydroxylation is 2. The molecule has 1 atom stereocenters. The highest BCUT2D eigenvalue weighted by atomic mass is 32.1. The third kappa shape index (κ3) is 3.34. The first-order valence-corrected chi connectivity index (χ1v) is 8.12. The van der Waals surface area contributed by atoms with Crippen molar-refractivity contribution in [1.82, 2.24) is 10.3 Å². The molecule has 3 rings (SSSR count). The molecule has 1 fully saturated rings. The van der Waals surface area contributed by atoms with Crippen LogP contribution in [0.1, 0.15) is 42.7 Å². The summed E-state index contributed by atoms with van der Waals surface area (Å²) < 4.78 is 0. The van der Waals surface area contributed by atoms with Crippen LogP contribution in [0, 0.1) is 5.92 Å². The Morgan fingerprint density at radius 1 is 1.42 bits per heavy atom. The second-order valence-electron chi connectivity index (χ2n) is 5.54. The summed E-state index contributed by atoms with van der Waals surface area (Å²) in [6, 6.07) is 0. The highest BCUT2D eigenvalue weighted by Crippen LogP contribution is 2.30. The van der Waals surface area contributed by atoms with E-state index in [0.29, 0.717) is 12.3 Å². The molecule has 0 saturated carbocycles. The largest absolute Gasteiger partial charge is 0.316 e. The Balaban J connectivity index is 1.45. The quantitative estimate of drug-likeness (QED) is 0.889. The molecule has 2 aliphatic rings. The molecule has 0 bridgehead atoms. The molecule has 5 heteroatoms. The molecule has 2 heterocycles. The Kier molecular flexibility index (Phi) is 4.13. The molecule has 0 aromatic carbocycles. The maximum absolute atomic E-state index is 11.9. The molecular weight excluding hydrogens is 258 g/mol. The van der Waals surface area contributed by atoms with Gasteiger partial charge in [0.15, 0.2) is 5.13 Å². The van der Waals surface area contributed by atoms with Gasteiger partial charge in [0.25, 0.3) is 0 Å². The van der Waals surface area contributed by atoms with Gasteiger partial charge in [-0.1, -0.05) is 0 Å². The molecule has 4 nitrogen and oxygen atoms in total. The Morgan fingerprint density at radius 2 is 2.37 bits per heavy atom. The van der Waals surface area contributed by atoms with Gasteiger partial charge in [-0.25, -0.2) is 4.98 Å². The maximum atomic E-state index is 11.9. The van der Waals surface area contributed by atoms with Crippen LogP contribution in [0.3, 0.4) is 0 Å². The number of hydrogen-bond donors (Lipinski definition) is 2. The maximum Gasteiger partial charge on any atom is 0.226 e. The first-order valence-electron chi connectivity index (χ1n) is 7.30. The minimum Gasteiger partial charge on any atom is -0.316 e. The Labute approximate surface area is 118 Å². The second-order valence-corrected chi connectivity index (χ2v) is 6.63. The van der Waals surface area contributed by atoms with E-state index in [1.807, 2.05) is 0 Å². The molecule has 0 spiro atoms. The number of nitrogens with one attached hydrogen (secondary N) is 2. The van der Waals surface area contributed by atoms with E-state index in [-0.39, 0.29) is 5.91 Å². The first-order chi connectivity index (χ1) is 9.31. The molecule has 1 aromatic heterocycles. The molecule has 19 heavy (non-hydrogen) atoms. The van der Waals surface area contributed by atoms with Gasteiger partial charge in [-0.15, -0.1) is 11.3 Å². The van der Waals surface area contributed by atoms with Crippen molar-refractivity contribution in [2.45, 2.75) is 44.9 Å². The smallest absolute Gasteiger partial charge is 0.226 e. The predicted octanol–water partition coefficient (Wildman–Crippen LogP) is 2.35. The number of thiazole rings is 1. The molecule has 1 unspecified atom stereocenters. The van der Waals surface area contributed by atoms with Crippen LogP contribution in [0.5, 0.6) is 0 Å². The molecule has 0 radical (unpaired) electrons. The van der Waals surface area contributed by atoms with Crippen molar-refractivity contribution in [3.8, 4) is 0 Å². The molecule has 1 amide bonds. The minimum absolute atomic E-state index is 0.123. The Hall–Kier alpha value is -0.940. The lowest BCUT2D eigenvalue weighted by atomic mass is 9.94. The predicted molar refractivity (Wildman–Crippen MR) is 77.6 cm³/mol. The van der Waals surface area contributed by atoms with Crippen molar-refractivity contribution < 1.29 is 4.79 Å². The van der Waals surface area contributed by atoms with E-state index in [1.54, 1.807) is 11.3 Å². The summed E-state index contributed by atoms with van der Waals surface area (Å²) in [5, 5.41) is 7.15. The lowest BCUT2D eigenvalue weighted by Crippen LogP contribution is -2.30. The SMILES string of the molecule is O=C(CCC1CCCNC1)Nc1nc2c(s1)CCC2. The molecular formula is C14H21N3OS. The van der Waals surface area contributed by atoms with Gasteiger partial charge >= 0.3 is 0 Å². The third-order valence-corrected chi connectivity index (χ3v) is 5.09. The fraction of sp³-hybridized carbons (Fsp3) is 0.714. The zero-order chi connectivity index (χ0) is 13.1. The summed E-state index contributed by atoms with van der Waals surface area (Å²) in [7, 11) is 0. The summed E-state index contributed by atoms with van der Waals surface area (Å²) in [4.78, 5) is 17.8. The van der Waals surface area contributed by atoms with Gasteiger partial charge in [-0.2, -0.15) is 0 Å². The van der Waals surface area contributed by atoms with Crippen LogP contribution >= 0.6 is 11.3 Å². The topological polar surface area (TPSA) is 54.0 Å². The van der Waals surface area contributed by atoms with Crippen molar-refractivity contribution in [3.63, 3.8) is 0 Å². The Morgan fingerprint density at radius 3 is 3.16 bits per heavy atom. The number of nitrogens with zero attached hydrogens (tertiary/aromatic N) is 1. The van der Waals surface area contributed by atoms with Gasteiger partial charge in [0.1, 0.15) is 0 Å². The molecule has 2 N–H and O–H groups in total. The van der Waals surface area contributed by atoms with E-state index in [4.69, 9.17) is 0 Å². The number of rotatable bonds is 4. The molecule has 104 valence electrons. The summed E-state index contributed by atoms with van der Waals surface area (Å²) in [5.41, 5.74) is 1.21.